The Hall–Kier alpha value is -2.29. The highest BCUT2D eigenvalue weighted by Gasteiger charge is 2.36. The smallest absolute Gasteiger partial charge is 0.218 e. The Morgan fingerprint density at radius 2 is 1.93 bits per heavy atom. The van der Waals surface area contributed by atoms with Crippen molar-refractivity contribution in [3.8, 4) is 0 Å². The summed E-state index contributed by atoms with van der Waals surface area (Å²) in [5, 5.41) is 5.97. The van der Waals surface area contributed by atoms with Crippen molar-refractivity contribution in [1.82, 2.24) is 14.3 Å². The fourth-order valence-corrected chi connectivity index (χ4v) is 6.06. The average Bonchev–Trinajstić information content (AvgIpc) is 3.33. The van der Waals surface area contributed by atoms with Crippen molar-refractivity contribution in [2.24, 2.45) is 0 Å². The van der Waals surface area contributed by atoms with Gasteiger partial charge in [0.25, 0.3) is 0 Å². The van der Waals surface area contributed by atoms with Gasteiger partial charge in [0, 0.05) is 11.9 Å². The predicted octanol–water partition coefficient (Wildman–Crippen LogP) is 4.57. The molecule has 1 saturated heterocycles. The molecule has 0 radical (unpaired) electrons. The van der Waals surface area contributed by atoms with Gasteiger partial charge in [-0.05, 0) is 44.4 Å². The lowest BCUT2D eigenvalue weighted by molar-refractivity contribution is 0.390. The molecule has 1 aliphatic heterocycles. The van der Waals surface area contributed by atoms with E-state index in [1.165, 1.54) is 11.3 Å². The van der Waals surface area contributed by atoms with Gasteiger partial charge in [-0.15, -0.1) is 11.3 Å². The summed E-state index contributed by atoms with van der Waals surface area (Å²) in [7, 11) is -3.43. The van der Waals surface area contributed by atoms with Gasteiger partial charge in [-0.2, -0.15) is 4.31 Å². The molecule has 2 aromatic heterocycles. The summed E-state index contributed by atoms with van der Waals surface area (Å²) in [5.41, 5.74) is 3.66. The zero-order chi connectivity index (χ0) is 20.4. The Morgan fingerprint density at radius 3 is 2.66 bits per heavy atom. The molecule has 0 bridgehead atoms. The Bertz CT molecular complexity index is 1090. The van der Waals surface area contributed by atoms with Crippen molar-refractivity contribution < 1.29 is 8.42 Å². The lowest BCUT2D eigenvalue weighted by Gasteiger charge is -2.24. The van der Waals surface area contributed by atoms with Crippen molar-refractivity contribution in [3.05, 3.63) is 70.4 Å². The number of aryl methyl sites for hydroxylation is 2. The second-order valence-corrected chi connectivity index (χ2v) is 10.2. The van der Waals surface area contributed by atoms with Crippen LogP contribution in [0.15, 0.2) is 47.8 Å². The van der Waals surface area contributed by atoms with Gasteiger partial charge in [-0.25, -0.2) is 18.4 Å². The normalized spacial score (nSPS) is 17.5. The van der Waals surface area contributed by atoms with Gasteiger partial charge in [-0.3, -0.25) is 0 Å². The maximum absolute atomic E-state index is 13.1. The summed E-state index contributed by atoms with van der Waals surface area (Å²) in [6.45, 7) is 4.47. The monoisotopic (exact) mass is 428 g/mol. The number of hydrogen-bond acceptors (Lipinski definition) is 6. The maximum atomic E-state index is 13.1. The van der Waals surface area contributed by atoms with E-state index in [0.29, 0.717) is 12.4 Å². The second kappa shape index (κ2) is 8.22. The van der Waals surface area contributed by atoms with Crippen LogP contribution in [0.2, 0.25) is 0 Å². The van der Waals surface area contributed by atoms with Gasteiger partial charge in [0.2, 0.25) is 10.0 Å². The van der Waals surface area contributed by atoms with Gasteiger partial charge < -0.3 is 5.32 Å². The number of anilines is 2. The van der Waals surface area contributed by atoms with Crippen LogP contribution in [-0.2, 0) is 15.8 Å². The third kappa shape index (κ3) is 4.66. The standard InChI is InChI=1S/C21H24N4O2S2/c1-15-8-10-17(11-9-15)14-29(26,27)25-12-4-6-19(25)18-5-3-7-20(23-18)24-21-22-16(2)13-28-21/h3,5,7-11,13,19H,4,6,12,14H2,1-2H3,(H,22,23,24). The molecule has 29 heavy (non-hydrogen) atoms. The summed E-state index contributed by atoms with van der Waals surface area (Å²) in [5.74, 6) is 0.694. The summed E-state index contributed by atoms with van der Waals surface area (Å²) in [6, 6.07) is 13.1. The topological polar surface area (TPSA) is 75.2 Å². The highest BCUT2D eigenvalue weighted by atomic mass is 32.2. The third-order valence-electron chi connectivity index (χ3n) is 5.00. The van der Waals surface area contributed by atoms with E-state index < -0.39 is 10.0 Å². The van der Waals surface area contributed by atoms with Crippen molar-refractivity contribution in [2.75, 3.05) is 11.9 Å². The molecule has 1 N–H and O–H groups in total. The first-order valence-electron chi connectivity index (χ1n) is 9.62. The molecule has 0 amide bonds. The molecule has 6 nitrogen and oxygen atoms in total. The zero-order valence-corrected chi connectivity index (χ0v) is 18.1. The Kier molecular flexibility index (Phi) is 5.67. The van der Waals surface area contributed by atoms with E-state index in [1.807, 2.05) is 61.7 Å². The number of thiazole rings is 1. The van der Waals surface area contributed by atoms with E-state index in [0.717, 1.165) is 40.5 Å². The number of rotatable bonds is 6. The van der Waals surface area contributed by atoms with Gasteiger partial charge in [0.15, 0.2) is 5.13 Å². The molecule has 152 valence electrons. The van der Waals surface area contributed by atoms with Crippen LogP contribution >= 0.6 is 11.3 Å². The van der Waals surface area contributed by atoms with Crippen LogP contribution in [0.3, 0.4) is 0 Å². The van der Waals surface area contributed by atoms with Crippen LogP contribution in [0.1, 0.15) is 41.4 Å². The molecule has 3 heterocycles. The fraction of sp³-hybridized carbons (Fsp3) is 0.333. The Labute approximate surface area is 175 Å². The quantitative estimate of drug-likeness (QED) is 0.623. The molecule has 1 aliphatic rings. The first kappa shape index (κ1) is 20.0. The number of benzene rings is 1. The van der Waals surface area contributed by atoms with E-state index in [2.05, 4.69) is 10.3 Å². The first-order valence-corrected chi connectivity index (χ1v) is 12.1. The highest BCUT2D eigenvalue weighted by molar-refractivity contribution is 7.88. The first-order chi connectivity index (χ1) is 13.9. The van der Waals surface area contributed by atoms with Crippen molar-refractivity contribution in [3.63, 3.8) is 0 Å². The van der Waals surface area contributed by atoms with Crippen molar-refractivity contribution in [1.29, 1.82) is 0 Å². The number of nitrogens with zero attached hydrogens (tertiary/aromatic N) is 3. The fourth-order valence-electron chi connectivity index (χ4n) is 3.57. The number of nitrogens with one attached hydrogen (secondary N) is 1. The van der Waals surface area contributed by atoms with Crippen LogP contribution in [0.4, 0.5) is 10.9 Å². The molecule has 1 atom stereocenters. The maximum Gasteiger partial charge on any atom is 0.218 e. The van der Waals surface area contributed by atoms with E-state index in [9.17, 15) is 8.42 Å². The minimum absolute atomic E-state index is 0.0140. The zero-order valence-electron chi connectivity index (χ0n) is 16.5. The number of pyridine rings is 1. The van der Waals surface area contributed by atoms with Gasteiger partial charge in [-0.1, -0.05) is 35.9 Å². The molecule has 8 heteroatoms. The summed E-state index contributed by atoms with van der Waals surface area (Å²) in [6.07, 6.45) is 1.61. The lowest BCUT2D eigenvalue weighted by Crippen LogP contribution is -2.32. The number of aromatic nitrogens is 2. The molecular formula is C21H24N4O2S2. The number of sulfonamides is 1. The Morgan fingerprint density at radius 1 is 1.14 bits per heavy atom. The highest BCUT2D eigenvalue weighted by Crippen LogP contribution is 2.35. The molecule has 0 saturated carbocycles. The molecule has 1 fully saturated rings. The van der Waals surface area contributed by atoms with Crippen LogP contribution in [-0.4, -0.2) is 29.2 Å². The largest absolute Gasteiger partial charge is 0.316 e. The van der Waals surface area contributed by atoms with Crippen molar-refractivity contribution >= 4 is 32.3 Å². The molecular weight excluding hydrogens is 404 g/mol. The van der Waals surface area contributed by atoms with Gasteiger partial charge in [0.1, 0.15) is 5.82 Å². The lowest BCUT2D eigenvalue weighted by atomic mass is 10.1. The second-order valence-electron chi connectivity index (χ2n) is 7.38. The molecule has 0 aliphatic carbocycles. The average molecular weight is 429 g/mol. The van der Waals surface area contributed by atoms with Crippen molar-refractivity contribution in [2.45, 2.75) is 38.5 Å². The SMILES string of the molecule is Cc1ccc(CS(=O)(=O)N2CCCC2c2cccc(Nc3nc(C)cs3)n2)cc1. The van der Waals surface area contributed by atoms with Crippen LogP contribution < -0.4 is 5.32 Å². The minimum Gasteiger partial charge on any atom is -0.316 e. The van der Waals surface area contributed by atoms with Crippen LogP contribution in [0.25, 0.3) is 0 Å². The van der Waals surface area contributed by atoms with E-state index in [4.69, 9.17) is 4.98 Å². The third-order valence-corrected chi connectivity index (χ3v) is 7.72. The van der Waals surface area contributed by atoms with Gasteiger partial charge in [0.05, 0.1) is 23.2 Å². The predicted molar refractivity (Wildman–Crippen MR) is 117 cm³/mol. The summed E-state index contributed by atoms with van der Waals surface area (Å²) in [4.78, 5) is 9.09. The molecule has 4 rings (SSSR count). The number of hydrogen-bond donors (Lipinski definition) is 1. The summed E-state index contributed by atoms with van der Waals surface area (Å²) < 4.78 is 27.9. The van der Waals surface area contributed by atoms with Crippen LogP contribution in [0, 0.1) is 13.8 Å². The van der Waals surface area contributed by atoms with Gasteiger partial charge >= 0.3 is 0 Å². The Balaban J connectivity index is 1.54. The molecule has 1 unspecified atom stereocenters. The van der Waals surface area contributed by atoms with E-state index in [1.54, 1.807) is 4.31 Å². The molecule has 1 aromatic carbocycles. The van der Waals surface area contributed by atoms with E-state index in [-0.39, 0.29) is 11.8 Å². The minimum atomic E-state index is -3.43. The molecule has 0 spiro atoms. The van der Waals surface area contributed by atoms with Crippen LogP contribution in [0.5, 0.6) is 0 Å². The van der Waals surface area contributed by atoms with E-state index >= 15 is 0 Å². The summed E-state index contributed by atoms with van der Waals surface area (Å²) >= 11 is 1.52. The molecule has 3 aromatic rings.